The Balaban J connectivity index is 1.96. The lowest BCUT2D eigenvalue weighted by Gasteiger charge is -2.10. The molecule has 0 spiro atoms. The third-order valence-corrected chi connectivity index (χ3v) is 3.59. The predicted octanol–water partition coefficient (Wildman–Crippen LogP) is 2.50. The Morgan fingerprint density at radius 3 is 3.05 bits per heavy atom. The molecule has 20 heavy (non-hydrogen) atoms. The van der Waals surface area contributed by atoms with E-state index in [0.29, 0.717) is 24.4 Å². The van der Waals surface area contributed by atoms with Crippen LogP contribution in [0.1, 0.15) is 18.9 Å². The fourth-order valence-corrected chi connectivity index (χ4v) is 2.32. The molecule has 0 aliphatic carbocycles. The summed E-state index contributed by atoms with van der Waals surface area (Å²) in [4.78, 5) is 15.0. The van der Waals surface area contributed by atoms with Crippen LogP contribution in [0.3, 0.4) is 0 Å². The first-order chi connectivity index (χ1) is 9.60. The van der Waals surface area contributed by atoms with E-state index < -0.39 is 0 Å². The Hall–Kier alpha value is -1.52. The third-order valence-electron chi connectivity index (χ3n) is 3.35. The quantitative estimate of drug-likeness (QED) is 0.766. The molecule has 0 bridgehead atoms. The topological polar surface area (TPSA) is 65.1 Å². The van der Waals surface area contributed by atoms with E-state index in [-0.39, 0.29) is 18.4 Å². The number of hydrogen-bond acceptors (Lipinski definition) is 2. The van der Waals surface area contributed by atoms with Crippen molar-refractivity contribution >= 4 is 28.4 Å². The lowest BCUT2D eigenvalue weighted by Crippen LogP contribution is -2.29. The minimum atomic E-state index is -0.00867. The van der Waals surface area contributed by atoms with Crippen LogP contribution in [0.4, 0.5) is 0 Å². The molecule has 0 saturated heterocycles. The highest BCUT2D eigenvalue weighted by Gasteiger charge is 2.10. The molecule has 1 aromatic heterocycles. The molecule has 0 aliphatic heterocycles. The second-order valence-electron chi connectivity index (χ2n) is 5.10. The summed E-state index contributed by atoms with van der Waals surface area (Å²) < 4.78 is 0. The maximum absolute atomic E-state index is 11.9. The second-order valence-corrected chi connectivity index (χ2v) is 5.54. The van der Waals surface area contributed by atoms with E-state index in [2.05, 4.69) is 10.3 Å². The summed E-state index contributed by atoms with van der Waals surface area (Å²) in [7, 11) is 0. The summed E-state index contributed by atoms with van der Waals surface area (Å²) in [5.41, 5.74) is 1.90. The number of rotatable bonds is 6. The molecular weight excluding hydrogens is 276 g/mol. The summed E-state index contributed by atoms with van der Waals surface area (Å²) in [6.07, 6.45) is 2.89. The van der Waals surface area contributed by atoms with Crippen LogP contribution >= 0.6 is 11.6 Å². The van der Waals surface area contributed by atoms with Crippen LogP contribution < -0.4 is 5.32 Å². The fraction of sp³-hybridized carbons (Fsp3) is 0.400. The van der Waals surface area contributed by atoms with Crippen LogP contribution in [0.5, 0.6) is 0 Å². The predicted molar refractivity (Wildman–Crippen MR) is 80.9 cm³/mol. The molecule has 2 rings (SSSR count). The van der Waals surface area contributed by atoms with E-state index in [1.807, 2.05) is 31.3 Å². The lowest BCUT2D eigenvalue weighted by atomic mass is 10.1. The fourth-order valence-electron chi connectivity index (χ4n) is 2.15. The number of hydrogen-bond donors (Lipinski definition) is 3. The first-order valence-corrected chi connectivity index (χ1v) is 7.11. The van der Waals surface area contributed by atoms with Crippen molar-refractivity contribution < 1.29 is 9.90 Å². The lowest BCUT2D eigenvalue weighted by molar-refractivity contribution is -0.120. The Kier molecular flexibility index (Phi) is 5.04. The number of amides is 1. The molecular formula is C15H19ClN2O2. The van der Waals surface area contributed by atoms with Gasteiger partial charge in [0.15, 0.2) is 0 Å². The average Bonchev–Trinajstić information content (AvgIpc) is 2.79. The van der Waals surface area contributed by atoms with Crippen molar-refractivity contribution in [2.45, 2.75) is 19.8 Å². The molecule has 4 nitrogen and oxygen atoms in total. The summed E-state index contributed by atoms with van der Waals surface area (Å²) in [6, 6.07) is 5.59. The van der Waals surface area contributed by atoms with Crippen LogP contribution in [0.2, 0.25) is 5.02 Å². The average molecular weight is 295 g/mol. The SMILES string of the molecule is CC(CCO)CNC(=O)Cc1c[nH]c2cc(Cl)ccc12. The highest BCUT2D eigenvalue weighted by atomic mass is 35.5. The minimum Gasteiger partial charge on any atom is -0.396 e. The van der Waals surface area contributed by atoms with Crippen molar-refractivity contribution in [1.29, 1.82) is 0 Å². The number of nitrogens with one attached hydrogen (secondary N) is 2. The van der Waals surface area contributed by atoms with Crippen LogP contribution in [-0.2, 0) is 11.2 Å². The first kappa shape index (κ1) is 14.9. The maximum Gasteiger partial charge on any atom is 0.224 e. The highest BCUT2D eigenvalue weighted by Crippen LogP contribution is 2.22. The summed E-state index contributed by atoms with van der Waals surface area (Å²) in [5, 5.41) is 13.4. The summed E-state index contributed by atoms with van der Waals surface area (Å²) in [5.74, 6) is 0.274. The zero-order valence-corrected chi connectivity index (χ0v) is 12.2. The molecule has 1 amide bonds. The second kappa shape index (κ2) is 6.77. The van der Waals surface area contributed by atoms with Crippen molar-refractivity contribution in [3.05, 3.63) is 35.0 Å². The van der Waals surface area contributed by atoms with Gasteiger partial charge in [-0.15, -0.1) is 0 Å². The molecule has 108 valence electrons. The van der Waals surface area contributed by atoms with Crippen molar-refractivity contribution in [2.75, 3.05) is 13.2 Å². The van der Waals surface area contributed by atoms with Gasteiger partial charge in [-0.25, -0.2) is 0 Å². The summed E-state index contributed by atoms with van der Waals surface area (Å²) >= 11 is 5.93. The number of benzene rings is 1. The molecule has 3 N–H and O–H groups in total. The monoisotopic (exact) mass is 294 g/mol. The van der Waals surface area contributed by atoms with E-state index in [4.69, 9.17) is 16.7 Å². The molecule has 1 atom stereocenters. The molecule has 0 aliphatic rings. The Bertz CT molecular complexity index is 595. The number of aliphatic hydroxyl groups excluding tert-OH is 1. The Labute approximate surface area is 123 Å². The van der Waals surface area contributed by atoms with Crippen LogP contribution in [0, 0.1) is 5.92 Å². The van der Waals surface area contributed by atoms with Crippen LogP contribution in [0.15, 0.2) is 24.4 Å². The Morgan fingerprint density at radius 1 is 1.50 bits per heavy atom. The number of fused-ring (bicyclic) bond motifs is 1. The van der Waals surface area contributed by atoms with Gasteiger partial charge in [0.1, 0.15) is 0 Å². The number of halogens is 1. The van der Waals surface area contributed by atoms with Gasteiger partial charge in [-0.05, 0) is 30.0 Å². The van der Waals surface area contributed by atoms with Crippen molar-refractivity contribution in [3.8, 4) is 0 Å². The first-order valence-electron chi connectivity index (χ1n) is 6.73. The highest BCUT2D eigenvalue weighted by molar-refractivity contribution is 6.31. The van der Waals surface area contributed by atoms with Gasteiger partial charge in [0.2, 0.25) is 5.91 Å². The standard InChI is InChI=1S/C15H19ClN2O2/c1-10(4-5-19)8-18-15(20)6-11-9-17-14-7-12(16)2-3-13(11)14/h2-3,7,9-10,17,19H,4-6,8H2,1H3,(H,18,20). The number of aliphatic hydroxyl groups is 1. The molecule has 1 heterocycles. The van der Waals surface area contributed by atoms with E-state index in [1.54, 1.807) is 0 Å². The Morgan fingerprint density at radius 2 is 2.30 bits per heavy atom. The molecule has 0 radical (unpaired) electrons. The zero-order valence-electron chi connectivity index (χ0n) is 11.4. The van der Waals surface area contributed by atoms with Gasteiger partial charge < -0.3 is 15.4 Å². The van der Waals surface area contributed by atoms with Gasteiger partial charge in [-0.3, -0.25) is 4.79 Å². The summed E-state index contributed by atoms with van der Waals surface area (Å²) in [6.45, 7) is 2.75. The van der Waals surface area contributed by atoms with Crippen molar-refractivity contribution in [1.82, 2.24) is 10.3 Å². The maximum atomic E-state index is 11.9. The molecule has 1 aromatic carbocycles. The number of aromatic nitrogens is 1. The van der Waals surface area contributed by atoms with Gasteiger partial charge in [-0.1, -0.05) is 24.6 Å². The van der Waals surface area contributed by atoms with Gasteiger partial charge in [0, 0.05) is 35.3 Å². The smallest absolute Gasteiger partial charge is 0.224 e. The van der Waals surface area contributed by atoms with Gasteiger partial charge in [0.25, 0.3) is 0 Å². The van der Waals surface area contributed by atoms with Crippen molar-refractivity contribution in [2.24, 2.45) is 5.92 Å². The molecule has 5 heteroatoms. The molecule has 1 unspecified atom stereocenters. The number of carbonyl (C=O) groups excluding carboxylic acids is 1. The van der Waals surface area contributed by atoms with E-state index in [0.717, 1.165) is 16.5 Å². The third kappa shape index (κ3) is 3.74. The van der Waals surface area contributed by atoms with Gasteiger partial charge in [-0.2, -0.15) is 0 Å². The van der Waals surface area contributed by atoms with E-state index >= 15 is 0 Å². The number of H-pyrrole nitrogens is 1. The van der Waals surface area contributed by atoms with Crippen LogP contribution in [-0.4, -0.2) is 29.1 Å². The van der Waals surface area contributed by atoms with Gasteiger partial charge >= 0.3 is 0 Å². The minimum absolute atomic E-state index is 0.00867. The van der Waals surface area contributed by atoms with Gasteiger partial charge in [0.05, 0.1) is 6.42 Å². The normalized spacial score (nSPS) is 12.6. The zero-order chi connectivity index (χ0) is 14.5. The van der Waals surface area contributed by atoms with E-state index in [1.165, 1.54) is 0 Å². The van der Waals surface area contributed by atoms with Crippen LogP contribution in [0.25, 0.3) is 10.9 Å². The number of carbonyl (C=O) groups is 1. The molecule has 0 saturated carbocycles. The van der Waals surface area contributed by atoms with E-state index in [9.17, 15) is 4.79 Å². The van der Waals surface area contributed by atoms with Crippen molar-refractivity contribution in [3.63, 3.8) is 0 Å². The number of aromatic amines is 1. The largest absolute Gasteiger partial charge is 0.396 e. The molecule has 2 aromatic rings. The molecule has 0 fully saturated rings.